The van der Waals surface area contributed by atoms with Crippen molar-refractivity contribution in [1.29, 1.82) is 0 Å². The van der Waals surface area contributed by atoms with Crippen molar-refractivity contribution in [3.05, 3.63) is 42.0 Å². The summed E-state index contributed by atoms with van der Waals surface area (Å²) in [6, 6.07) is 8.40. The number of aryl methyl sites for hydroxylation is 1. The Morgan fingerprint density at radius 2 is 2.04 bits per heavy atom. The third-order valence-corrected chi connectivity index (χ3v) is 6.61. The summed E-state index contributed by atoms with van der Waals surface area (Å²) in [4.78, 5) is 4.59. The molecule has 0 spiro atoms. The molecule has 3 heterocycles. The standard InChI is InChI=1S/C16H19N3O4S/c1-11-17-16(23-18-11)12-9-15-14(7-8-22-15)19(10-12)24(20,21)13-5-3-2-4-6-13/h2-6,12,14-15H,7-10H2,1H3/t12-,14-,15-/m0/s1. The van der Waals surface area contributed by atoms with Gasteiger partial charge in [-0.1, -0.05) is 23.4 Å². The molecule has 0 N–H and O–H groups in total. The molecule has 0 aliphatic carbocycles. The molecule has 0 unspecified atom stereocenters. The van der Waals surface area contributed by atoms with Crippen LogP contribution in [0.25, 0.3) is 0 Å². The number of fused-ring (bicyclic) bond motifs is 1. The highest BCUT2D eigenvalue weighted by Crippen LogP contribution is 2.38. The number of rotatable bonds is 3. The van der Waals surface area contributed by atoms with Crippen molar-refractivity contribution in [3.8, 4) is 0 Å². The first-order chi connectivity index (χ1) is 11.6. The van der Waals surface area contributed by atoms with E-state index in [1.165, 1.54) is 0 Å². The average Bonchev–Trinajstić information content (AvgIpc) is 3.23. The minimum atomic E-state index is -3.59. The lowest BCUT2D eigenvalue weighted by molar-refractivity contribution is 0.0418. The molecule has 128 valence electrons. The molecule has 24 heavy (non-hydrogen) atoms. The van der Waals surface area contributed by atoms with Gasteiger partial charge in [-0.05, 0) is 31.9 Å². The van der Waals surface area contributed by atoms with Crippen LogP contribution in [0.4, 0.5) is 0 Å². The van der Waals surface area contributed by atoms with E-state index in [0.717, 1.165) is 0 Å². The summed E-state index contributed by atoms with van der Waals surface area (Å²) in [5, 5.41) is 3.83. The van der Waals surface area contributed by atoms with Crippen molar-refractivity contribution in [1.82, 2.24) is 14.4 Å². The Balaban J connectivity index is 1.70. The summed E-state index contributed by atoms with van der Waals surface area (Å²) in [5.74, 6) is 0.885. The zero-order valence-electron chi connectivity index (χ0n) is 13.3. The van der Waals surface area contributed by atoms with Crippen molar-refractivity contribution in [2.24, 2.45) is 0 Å². The van der Waals surface area contributed by atoms with Gasteiger partial charge in [0.25, 0.3) is 0 Å². The van der Waals surface area contributed by atoms with E-state index in [1.54, 1.807) is 41.6 Å². The predicted octanol–water partition coefficient (Wildman–Crippen LogP) is 1.71. The van der Waals surface area contributed by atoms with Gasteiger partial charge < -0.3 is 9.26 Å². The van der Waals surface area contributed by atoms with E-state index in [9.17, 15) is 8.42 Å². The topological polar surface area (TPSA) is 85.5 Å². The second kappa shape index (κ2) is 5.94. The summed E-state index contributed by atoms with van der Waals surface area (Å²) in [6.07, 6.45) is 1.29. The number of aromatic nitrogens is 2. The Morgan fingerprint density at radius 3 is 2.75 bits per heavy atom. The van der Waals surface area contributed by atoms with Crippen LogP contribution >= 0.6 is 0 Å². The van der Waals surface area contributed by atoms with Gasteiger partial charge in [-0.2, -0.15) is 9.29 Å². The highest BCUT2D eigenvalue weighted by Gasteiger charge is 2.47. The zero-order valence-corrected chi connectivity index (χ0v) is 14.1. The normalized spacial score (nSPS) is 28.0. The van der Waals surface area contributed by atoms with Gasteiger partial charge >= 0.3 is 0 Å². The first-order valence-corrected chi connectivity index (χ1v) is 9.48. The Labute approximate surface area is 140 Å². The molecule has 2 aliphatic rings. The molecule has 0 amide bonds. The van der Waals surface area contributed by atoms with Crippen molar-refractivity contribution in [2.75, 3.05) is 13.2 Å². The SMILES string of the molecule is Cc1noc([C@H]2C[C@@H]3OCC[C@@H]3N(S(=O)(=O)c3ccccc3)C2)n1. The fourth-order valence-electron chi connectivity index (χ4n) is 3.56. The first-order valence-electron chi connectivity index (χ1n) is 8.04. The molecule has 2 aromatic rings. The molecular formula is C16H19N3O4S. The van der Waals surface area contributed by atoms with Gasteiger partial charge in [0.1, 0.15) is 0 Å². The van der Waals surface area contributed by atoms with E-state index in [1.807, 2.05) is 0 Å². The number of sulfonamides is 1. The molecule has 8 heteroatoms. The smallest absolute Gasteiger partial charge is 0.243 e. The van der Waals surface area contributed by atoms with Crippen LogP contribution in [0.1, 0.15) is 30.5 Å². The van der Waals surface area contributed by atoms with E-state index in [-0.39, 0.29) is 18.1 Å². The van der Waals surface area contributed by atoms with Crippen molar-refractivity contribution >= 4 is 10.0 Å². The first kappa shape index (κ1) is 15.7. The van der Waals surface area contributed by atoms with Gasteiger partial charge in [0.05, 0.1) is 23.0 Å². The molecule has 3 atom stereocenters. The molecule has 1 aromatic heterocycles. The molecule has 0 radical (unpaired) electrons. The van der Waals surface area contributed by atoms with E-state index in [2.05, 4.69) is 10.1 Å². The molecule has 2 aliphatic heterocycles. The minimum absolute atomic E-state index is 0.129. The maximum absolute atomic E-state index is 13.1. The predicted molar refractivity (Wildman–Crippen MR) is 84.9 cm³/mol. The highest BCUT2D eigenvalue weighted by atomic mass is 32.2. The van der Waals surface area contributed by atoms with Crippen LogP contribution in [-0.2, 0) is 14.8 Å². The van der Waals surface area contributed by atoms with Crippen molar-refractivity contribution < 1.29 is 17.7 Å². The Morgan fingerprint density at radius 1 is 1.25 bits per heavy atom. The third-order valence-electron chi connectivity index (χ3n) is 4.70. The zero-order chi connectivity index (χ0) is 16.7. The van der Waals surface area contributed by atoms with E-state index in [4.69, 9.17) is 9.26 Å². The number of ether oxygens (including phenoxy) is 1. The maximum atomic E-state index is 13.1. The summed E-state index contributed by atoms with van der Waals surface area (Å²) in [5.41, 5.74) is 0. The monoisotopic (exact) mass is 349 g/mol. The van der Waals surface area contributed by atoms with Gasteiger partial charge in [-0.15, -0.1) is 0 Å². The van der Waals surface area contributed by atoms with E-state index < -0.39 is 10.0 Å². The Kier molecular flexibility index (Phi) is 3.90. The third kappa shape index (κ3) is 2.64. The largest absolute Gasteiger partial charge is 0.376 e. The van der Waals surface area contributed by atoms with Crippen molar-refractivity contribution in [2.45, 2.75) is 42.7 Å². The minimum Gasteiger partial charge on any atom is -0.376 e. The summed E-state index contributed by atoms with van der Waals surface area (Å²) in [6.45, 7) is 2.66. The second-order valence-electron chi connectivity index (χ2n) is 6.27. The molecule has 1 aromatic carbocycles. The number of piperidine rings is 1. The van der Waals surface area contributed by atoms with Crippen molar-refractivity contribution in [3.63, 3.8) is 0 Å². The molecule has 2 saturated heterocycles. The van der Waals surface area contributed by atoms with Crippen LogP contribution in [0.5, 0.6) is 0 Å². The molecule has 0 bridgehead atoms. The van der Waals surface area contributed by atoms with Crippen LogP contribution < -0.4 is 0 Å². The van der Waals surface area contributed by atoms with Gasteiger partial charge in [-0.25, -0.2) is 8.42 Å². The fraction of sp³-hybridized carbons (Fsp3) is 0.500. The summed E-state index contributed by atoms with van der Waals surface area (Å²) >= 11 is 0. The number of hydrogen-bond donors (Lipinski definition) is 0. The number of hydrogen-bond acceptors (Lipinski definition) is 6. The molecule has 4 rings (SSSR count). The lowest BCUT2D eigenvalue weighted by Crippen LogP contribution is -2.51. The maximum Gasteiger partial charge on any atom is 0.243 e. The van der Waals surface area contributed by atoms with Crippen LogP contribution in [0, 0.1) is 6.92 Å². The average molecular weight is 349 g/mol. The highest BCUT2D eigenvalue weighted by molar-refractivity contribution is 7.89. The lowest BCUT2D eigenvalue weighted by atomic mass is 9.92. The molecule has 2 fully saturated rings. The Bertz CT molecular complexity index is 821. The summed E-state index contributed by atoms with van der Waals surface area (Å²) in [7, 11) is -3.59. The Hall–Kier alpha value is -1.77. The van der Waals surface area contributed by atoms with Gasteiger partial charge in [-0.3, -0.25) is 0 Å². The quantitative estimate of drug-likeness (QED) is 0.839. The molecule has 7 nitrogen and oxygen atoms in total. The fourth-order valence-corrected chi connectivity index (χ4v) is 5.31. The number of nitrogens with zero attached hydrogens (tertiary/aromatic N) is 3. The molecular weight excluding hydrogens is 330 g/mol. The second-order valence-corrected chi connectivity index (χ2v) is 8.16. The lowest BCUT2D eigenvalue weighted by Gasteiger charge is -2.38. The summed E-state index contributed by atoms with van der Waals surface area (Å²) < 4.78 is 38.9. The van der Waals surface area contributed by atoms with E-state index in [0.29, 0.717) is 42.6 Å². The van der Waals surface area contributed by atoms with Crippen LogP contribution in [0.3, 0.4) is 0 Å². The van der Waals surface area contributed by atoms with Crippen LogP contribution in [0.15, 0.2) is 39.8 Å². The van der Waals surface area contributed by atoms with Crippen LogP contribution in [-0.4, -0.2) is 48.2 Å². The van der Waals surface area contributed by atoms with Gasteiger partial charge in [0.15, 0.2) is 5.82 Å². The number of benzene rings is 1. The molecule has 0 saturated carbocycles. The van der Waals surface area contributed by atoms with E-state index >= 15 is 0 Å². The van der Waals surface area contributed by atoms with Gasteiger partial charge in [0, 0.05) is 13.2 Å². The van der Waals surface area contributed by atoms with Gasteiger partial charge in [0.2, 0.25) is 15.9 Å². The van der Waals surface area contributed by atoms with Crippen LogP contribution in [0.2, 0.25) is 0 Å².